The molecule has 0 saturated heterocycles. The van der Waals surface area contributed by atoms with Gasteiger partial charge in [-0.2, -0.15) is 0 Å². The fraction of sp³-hybridized carbons (Fsp3) is 0.333. The van der Waals surface area contributed by atoms with E-state index in [0.717, 1.165) is 20.1 Å². The molecule has 0 heterocycles. The number of ether oxygens (including phenoxy) is 1. The SMILES string of the molecule is COC(=O)C(C)(Cc1ccc(Cl)cc1[N+](=O)[O-])C(=O)O. The van der Waals surface area contributed by atoms with Crippen molar-refractivity contribution in [2.75, 3.05) is 7.11 Å². The van der Waals surface area contributed by atoms with Crippen molar-refractivity contribution < 1.29 is 24.4 Å². The third-order valence-corrected chi connectivity index (χ3v) is 3.13. The zero-order chi connectivity index (χ0) is 15.5. The molecule has 0 aliphatic rings. The predicted octanol–water partition coefficient (Wildman–Crippen LogP) is 2.05. The van der Waals surface area contributed by atoms with E-state index < -0.39 is 22.3 Å². The number of esters is 1. The van der Waals surface area contributed by atoms with E-state index in [-0.39, 0.29) is 22.7 Å². The Kier molecular flexibility index (Phi) is 4.67. The van der Waals surface area contributed by atoms with Gasteiger partial charge in [0.15, 0.2) is 5.41 Å². The molecule has 1 atom stereocenters. The van der Waals surface area contributed by atoms with E-state index in [1.165, 1.54) is 12.1 Å². The van der Waals surface area contributed by atoms with Gasteiger partial charge in [0.05, 0.1) is 12.0 Å². The number of nitrogens with zero attached hydrogens (tertiary/aromatic N) is 1. The normalized spacial score (nSPS) is 13.3. The van der Waals surface area contributed by atoms with Gasteiger partial charge < -0.3 is 9.84 Å². The highest BCUT2D eigenvalue weighted by atomic mass is 35.5. The first kappa shape index (κ1) is 15.9. The molecular weight excluding hydrogens is 290 g/mol. The first-order valence-corrected chi connectivity index (χ1v) is 5.85. The van der Waals surface area contributed by atoms with Crippen LogP contribution in [0.15, 0.2) is 18.2 Å². The number of aliphatic carboxylic acids is 1. The average molecular weight is 302 g/mol. The molecule has 0 bridgehead atoms. The van der Waals surface area contributed by atoms with Gasteiger partial charge in [-0.3, -0.25) is 19.7 Å². The minimum absolute atomic E-state index is 0.0923. The Morgan fingerprint density at radius 2 is 2.10 bits per heavy atom. The quantitative estimate of drug-likeness (QED) is 0.386. The van der Waals surface area contributed by atoms with Crippen LogP contribution in [0.3, 0.4) is 0 Å². The summed E-state index contributed by atoms with van der Waals surface area (Å²) in [6.07, 6.45) is -0.373. The van der Waals surface area contributed by atoms with Gasteiger partial charge in [-0.15, -0.1) is 0 Å². The molecule has 108 valence electrons. The Balaban J connectivity index is 3.29. The Morgan fingerprint density at radius 1 is 1.50 bits per heavy atom. The van der Waals surface area contributed by atoms with Gasteiger partial charge >= 0.3 is 11.9 Å². The van der Waals surface area contributed by atoms with Gasteiger partial charge in [-0.25, -0.2) is 0 Å². The molecule has 8 heteroatoms. The lowest BCUT2D eigenvalue weighted by molar-refractivity contribution is -0.385. The van der Waals surface area contributed by atoms with Crippen molar-refractivity contribution in [2.45, 2.75) is 13.3 Å². The lowest BCUT2D eigenvalue weighted by atomic mass is 9.83. The molecule has 1 rings (SSSR count). The maximum atomic E-state index is 11.6. The number of carbonyl (C=O) groups excluding carboxylic acids is 1. The van der Waals surface area contributed by atoms with Crippen molar-refractivity contribution in [1.82, 2.24) is 0 Å². The second kappa shape index (κ2) is 5.87. The molecule has 0 fully saturated rings. The zero-order valence-corrected chi connectivity index (χ0v) is 11.5. The van der Waals surface area contributed by atoms with Crippen LogP contribution in [0.2, 0.25) is 5.02 Å². The molecule has 0 saturated carbocycles. The Hall–Kier alpha value is -2.15. The number of nitro benzene ring substituents is 1. The molecule has 0 aromatic heterocycles. The fourth-order valence-electron chi connectivity index (χ4n) is 1.70. The minimum atomic E-state index is -1.91. The third kappa shape index (κ3) is 3.05. The van der Waals surface area contributed by atoms with E-state index >= 15 is 0 Å². The number of halogens is 1. The van der Waals surface area contributed by atoms with Crippen LogP contribution in [0, 0.1) is 15.5 Å². The monoisotopic (exact) mass is 301 g/mol. The van der Waals surface area contributed by atoms with Crippen LogP contribution in [0.1, 0.15) is 12.5 Å². The summed E-state index contributed by atoms with van der Waals surface area (Å²) >= 11 is 5.67. The second-order valence-electron chi connectivity index (χ2n) is 4.34. The highest BCUT2D eigenvalue weighted by Gasteiger charge is 2.44. The number of carboxylic acid groups (broad SMARTS) is 1. The standard InChI is InChI=1S/C12H12ClNO6/c1-12(10(15)16,11(17)20-2)6-7-3-4-8(13)5-9(7)14(18)19/h3-5H,6H2,1-2H3,(H,15,16). The second-order valence-corrected chi connectivity index (χ2v) is 4.77. The van der Waals surface area contributed by atoms with Crippen LogP contribution >= 0.6 is 11.6 Å². The van der Waals surface area contributed by atoms with Crippen molar-refractivity contribution >= 4 is 29.2 Å². The molecule has 0 aliphatic carbocycles. The van der Waals surface area contributed by atoms with Crippen LogP contribution in [-0.4, -0.2) is 29.1 Å². The molecular formula is C12H12ClNO6. The maximum absolute atomic E-state index is 11.6. The van der Waals surface area contributed by atoms with Gasteiger partial charge in [-0.1, -0.05) is 17.7 Å². The highest BCUT2D eigenvalue weighted by molar-refractivity contribution is 6.30. The Morgan fingerprint density at radius 3 is 2.55 bits per heavy atom. The number of nitro groups is 1. The highest BCUT2D eigenvalue weighted by Crippen LogP contribution is 2.31. The summed E-state index contributed by atoms with van der Waals surface area (Å²) in [5.41, 5.74) is -2.16. The summed E-state index contributed by atoms with van der Waals surface area (Å²) in [6, 6.07) is 3.82. The number of hydrogen-bond donors (Lipinski definition) is 1. The Labute approximate surface area is 119 Å². The smallest absolute Gasteiger partial charge is 0.323 e. The van der Waals surface area contributed by atoms with Crippen molar-refractivity contribution in [2.24, 2.45) is 5.41 Å². The molecule has 1 aromatic carbocycles. The maximum Gasteiger partial charge on any atom is 0.323 e. The molecule has 1 unspecified atom stereocenters. The third-order valence-electron chi connectivity index (χ3n) is 2.90. The van der Waals surface area contributed by atoms with Gasteiger partial charge in [0.1, 0.15) is 0 Å². The van der Waals surface area contributed by atoms with Gasteiger partial charge in [0, 0.05) is 23.1 Å². The first-order chi connectivity index (χ1) is 9.22. The van der Waals surface area contributed by atoms with Crippen molar-refractivity contribution in [3.63, 3.8) is 0 Å². The largest absolute Gasteiger partial charge is 0.480 e. The fourth-order valence-corrected chi connectivity index (χ4v) is 1.86. The number of carboxylic acids is 1. The molecule has 0 spiro atoms. The first-order valence-electron chi connectivity index (χ1n) is 5.47. The molecule has 0 aliphatic heterocycles. The van der Waals surface area contributed by atoms with Crippen LogP contribution < -0.4 is 0 Å². The number of methoxy groups -OCH3 is 1. The van der Waals surface area contributed by atoms with Crippen molar-refractivity contribution in [3.8, 4) is 0 Å². The van der Waals surface area contributed by atoms with E-state index in [1.54, 1.807) is 0 Å². The summed E-state index contributed by atoms with van der Waals surface area (Å²) in [7, 11) is 1.06. The molecule has 1 N–H and O–H groups in total. The van der Waals surface area contributed by atoms with Crippen molar-refractivity contribution in [3.05, 3.63) is 38.9 Å². The topological polar surface area (TPSA) is 107 Å². The lowest BCUT2D eigenvalue weighted by Gasteiger charge is -2.21. The number of carbonyl (C=O) groups is 2. The number of hydrogen-bond acceptors (Lipinski definition) is 5. The van der Waals surface area contributed by atoms with E-state index in [2.05, 4.69) is 4.74 Å². The van der Waals surface area contributed by atoms with Gasteiger partial charge in [0.2, 0.25) is 0 Å². The van der Waals surface area contributed by atoms with Crippen LogP contribution in [0.25, 0.3) is 0 Å². The predicted molar refractivity (Wildman–Crippen MR) is 69.6 cm³/mol. The van der Waals surface area contributed by atoms with Crippen LogP contribution in [0.4, 0.5) is 5.69 Å². The molecule has 20 heavy (non-hydrogen) atoms. The number of benzene rings is 1. The molecule has 0 radical (unpaired) electrons. The average Bonchev–Trinajstić information content (AvgIpc) is 2.39. The summed E-state index contributed by atoms with van der Waals surface area (Å²) < 4.78 is 4.46. The summed E-state index contributed by atoms with van der Waals surface area (Å²) in [5.74, 6) is -2.40. The Bertz CT molecular complexity index is 573. The van der Waals surface area contributed by atoms with Crippen LogP contribution in [-0.2, 0) is 20.7 Å². The van der Waals surface area contributed by atoms with E-state index in [9.17, 15) is 24.8 Å². The summed E-state index contributed by atoms with van der Waals surface area (Å²) in [6.45, 7) is 1.15. The number of rotatable bonds is 5. The molecule has 0 amide bonds. The van der Waals surface area contributed by atoms with E-state index in [1.807, 2.05) is 0 Å². The minimum Gasteiger partial charge on any atom is -0.480 e. The van der Waals surface area contributed by atoms with Crippen molar-refractivity contribution in [1.29, 1.82) is 0 Å². The summed E-state index contributed by atoms with van der Waals surface area (Å²) in [4.78, 5) is 33.2. The summed E-state index contributed by atoms with van der Waals surface area (Å²) in [5, 5.41) is 20.3. The van der Waals surface area contributed by atoms with Gasteiger partial charge in [-0.05, 0) is 13.0 Å². The zero-order valence-electron chi connectivity index (χ0n) is 10.8. The molecule has 7 nitrogen and oxygen atoms in total. The van der Waals surface area contributed by atoms with E-state index in [4.69, 9.17) is 11.6 Å². The van der Waals surface area contributed by atoms with Crippen LogP contribution in [0.5, 0.6) is 0 Å². The van der Waals surface area contributed by atoms with Gasteiger partial charge in [0.25, 0.3) is 5.69 Å². The van der Waals surface area contributed by atoms with E-state index in [0.29, 0.717) is 0 Å². The molecule has 1 aromatic rings. The lowest BCUT2D eigenvalue weighted by Crippen LogP contribution is -2.39.